The molecule has 1 aromatic heterocycles. The van der Waals surface area contributed by atoms with Crippen molar-refractivity contribution in [3.05, 3.63) is 212 Å². The zero-order valence-corrected chi connectivity index (χ0v) is 29.6. The number of fused-ring (bicyclic) bond motifs is 5. The van der Waals surface area contributed by atoms with Crippen LogP contribution in [0.4, 0.5) is 17.1 Å². The zero-order valence-electron chi connectivity index (χ0n) is 29.6. The number of benzene rings is 9. The number of nitrogens with zero attached hydrogens (tertiary/aromatic N) is 1. The van der Waals surface area contributed by atoms with Gasteiger partial charge >= 0.3 is 0 Å². The van der Waals surface area contributed by atoms with Gasteiger partial charge in [0.1, 0.15) is 11.2 Å². The van der Waals surface area contributed by atoms with Crippen LogP contribution in [0.3, 0.4) is 0 Å². The predicted molar refractivity (Wildman–Crippen MR) is 228 cm³/mol. The Bertz CT molecular complexity index is 2790. The number of para-hydroxylation sites is 1. The van der Waals surface area contributed by atoms with Crippen LogP contribution in [0.1, 0.15) is 0 Å². The molecule has 10 rings (SSSR count). The lowest BCUT2D eigenvalue weighted by molar-refractivity contribution is 0.670. The smallest absolute Gasteiger partial charge is 0.143 e. The normalized spacial score (nSPS) is 11.3. The molecule has 2 heteroatoms. The summed E-state index contributed by atoms with van der Waals surface area (Å²) in [7, 11) is 0. The van der Waals surface area contributed by atoms with Crippen molar-refractivity contribution < 1.29 is 4.42 Å². The average molecular weight is 690 g/mol. The van der Waals surface area contributed by atoms with E-state index in [1.807, 2.05) is 0 Å². The van der Waals surface area contributed by atoms with Gasteiger partial charge in [0.25, 0.3) is 0 Å². The maximum atomic E-state index is 6.82. The fourth-order valence-corrected chi connectivity index (χ4v) is 7.83. The molecule has 0 fully saturated rings. The Morgan fingerprint density at radius 2 is 0.778 bits per heavy atom. The summed E-state index contributed by atoms with van der Waals surface area (Å²) in [6, 6.07) is 75.7. The maximum absolute atomic E-state index is 6.82. The Labute approximate surface area is 314 Å². The van der Waals surface area contributed by atoms with E-state index >= 15 is 0 Å². The van der Waals surface area contributed by atoms with E-state index in [4.69, 9.17) is 4.42 Å². The molecule has 2 nitrogen and oxygen atoms in total. The molecule has 0 aliphatic carbocycles. The highest BCUT2D eigenvalue weighted by Gasteiger charge is 2.21. The lowest BCUT2D eigenvalue weighted by atomic mass is 9.97. The van der Waals surface area contributed by atoms with Crippen molar-refractivity contribution in [2.24, 2.45) is 0 Å². The second-order valence-electron chi connectivity index (χ2n) is 13.7. The molecule has 0 spiro atoms. The minimum Gasteiger partial charge on any atom is -0.455 e. The summed E-state index contributed by atoms with van der Waals surface area (Å²) in [5.74, 6) is 0. The summed E-state index contributed by atoms with van der Waals surface area (Å²) < 4.78 is 6.82. The first-order valence-corrected chi connectivity index (χ1v) is 18.4. The van der Waals surface area contributed by atoms with Crippen molar-refractivity contribution in [3.63, 3.8) is 0 Å². The molecule has 0 bridgehead atoms. The van der Waals surface area contributed by atoms with Crippen LogP contribution in [-0.2, 0) is 0 Å². The van der Waals surface area contributed by atoms with Gasteiger partial charge in [-0.15, -0.1) is 0 Å². The summed E-state index contributed by atoms with van der Waals surface area (Å²) in [4.78, 5) is 2.39. The molecule has 0 unspecified atom stereocenters. The van der Waals surface area contributed by atoms with Crippen LogP contribution >= 0.6 is 0 Å². The highest BCUT2D eigenvalue weighted by molar-refractivity contribution is 6.24. The molecule has 54 heavy (non-hydrogen) atoms. The first-order chi connectivity index (χ1) is 26.8. The van der Waals surface area contributed by atoms with Crippen LogP contribution in [0.25, 0.3) is 77.2 Å². The molecule has 0 aliphatic rings. The zero-order chi connectivity index (χ0) is 35.8. The summed E-state index contributed by atoms with van der Waals surface area (Å²) in [5, 5.41) is 4.54. The molecule has 1 heterocycles. The fraction of sp³-hybridized carbons (Fsp3) is 0. The number of hydrogen-bond acceptors (Lipinski definition) is 2. The summed E-state index contributed by atoms with van der Waals surface area (Å²) in [6.07, 6.45) is 0. The van der Waals surface area contributed by atoms with Crippen molar-refractivity contribution in [1.29, 1.82) is 0 Å². The number of furan rings is 1. The first-order valence-electron chi connectivity index (χ1n) is 18.4. The third-order valence-corrected chi connectivity index (χ3v) is 10.5. The minimum atomic E-state index is 0.872. The van der Waals surface area contributed by atoms with E-state index in [1.54, 1.807) is 0 Å². The van der Waals surface area contributed by atoms with Crippen LogP contribution < -0.4 is 4.90 Å². The SMILES string of the molecule is c1ccc(-c2ccc(-c3cccc4c3oc3ccc5cccc(N(c6ccc(-c7ccccc7)cc6)c6ccc(-c7ccccc7)cc6)c5c34)cc2)cc1. The molecule has 10 aromatic rings. The maximum Gasteiger partial charge on any atom is 0.143 e. The molecule has 0 radical (unpaired) electrons. The van der Waals surface area contributed by atoms with E-state index in [9.17, 15) is 0 Å². The molecule has 0 saturated heterocycles. The van der Waals surface area contributed by atoms with Crippen molar-refractivity contribution in [2.45, 2.75) is 0 Å². The van der Waals surface area contributed by atoms with E-state index in [2.05, 4.69) is 217 Å². The Balaban J connectivity index is 1.15. The van der Waals surface area contributed by atoms with E-state index in [0.29, 0.717) is 0 Å². The monoisotopic (exact) mass is 689 g/mol. The van der Waals surface area contributed by atoms with Gasteiger partial charge in [0.15, 0.2) is 0 Å². The lowest BCUT2D eigenvalue weighted by Gasteiger charge is -2.27. The first kappa shape index (κ1) is 31.6. The van der Waals surface area contributed by atoms with Crippen LogP contribution in [0.5, 0.6) is 0 Å². The second kappa shape index (κ2) is 13.4. The second-order valence-corrected chi connectivity index (χ2v) is 13.7. The minimum absolute atomic E-state index is 0.872. The molecular weight excluding hydrogens is 655 g/mol. The largest absolute Gasteiger partial charge is 0.455 e. The third-order valence-electron chi connectivity index (χ3n) is 10.5. The van der Waals surface area contributed by atoms with Gasteiger partial charge in [-0.2, -0.15) is 0 Å². The van der Waals surface area contributed by atoms with E-state index in [0.717, 1.165) is 60.9 Å². The molecule has 9 aromatic carbocycles. The quantitative estimate of drug-likeness (QED) is 0.166. The highest BCUT2D eigenvalue weighted by Crippen LogP contribution is 2.46. The summed E-state index contributed by atoms with van der Waals surface area (Å²) >= 11 is 0. The van der Waals surface area contributed by atoms with E-state index < -0.39 is 0 Å². The van der Waals surface area contributed by atoms with Gasteiger partial charge in [0.05, 0.1) is 5.69 Å². The highest BCUT2D eigenvalue weighted by atomic mass is 16.3. The topological polar surface area (TPSA) is 16.4 Å². The fourth-order valence-electron chi connectivity index (χ4n) is 7.83. The van der Waals surface area contributed by atoms with Crippen molar-refractivity contribution in [1.82, 2.24) is 0 Å². The van der Waals surface area contributed by atoms with Crippen LogP contribution in [0.15, 0.2) is 217 Å². The summed E-state index contributed by atoms with van der Waals surface area (Å²) in [5.41, 5.74) is 14.4. The van der Waals surface area contributed by atoms with Crippen LogP contribution in [-0.4, -0.2) is 0 Å². The number of hydrogen-bond donors (Lipinski definition) is 0. The molecule has 0 saturated carbocycles. The Hall–Kier alpha value is -7.16. The van der Waals surface area contributed by atoms with Gasteiger partial charge in [-0.3, -0.25) is 0 Å². The van der Waals surface area contributed by atoms with Gasteiger partial charge < -0.3 is 9.32 Å². The third kappa shape index (κ3) is 5.62. The van der Waals surface area contributed by atoms with Crippen LogP contribution in [0, 0.1) is 0 Å². The van der Waals surface area contributed by atoms with Gasteiger partial charge in [-0.05, 0) is 80.7 Å². The lowest BCUT2D eigenvalue weighted by Crippen LogP contribution is -2.10. The standard InChI is InChI=1S/C52H35NO/c1-4-12-36(13-5-1)39-22-24-42(25-23-39)46-19-11-20-47-51-49(54-52(46)47)35-30-43-18-10-21-48(50(43)51)53(44-31-26-40(27-32-44)37-14-6-2-7-15-37)45-33-28-41(29-34-45)38-16-8-3-9-17-38/h1-35H. The molecule has 0 atom stereocenters. The molecule has 254 valence electrons. The van der Waals surface area contributed by atoms with Gasteiger partial charge in [-0.25, -0.2) is 0 Å². The Morgan fingerprint density at radius 1 is 0.315 bits per heavy atom. The molecule has 0 aliphatic heterocycles. The predicted octanol–water partition coefficient (Wildman–Crippen LogP) is 14.9. The van der Waals surface area contributed by atoms with E-state index in [-0.39, 0.29) is 0 Å². The average Bonchev–Trinajstić information content (AvgIpc) is 3.65. The molecular formula is C52H35NO. The van der Waals surface area contributed by atoms with Crippen LogP contribution in [0.2, 0.25) is 0 Å². The number of anilines is 3. The summed E-state index contributed by atoms with van der Waals surface area (Å²) in [6.45, 7) is 0. The molecule has 0 N–H and O–H groups in total. The van der Waals surface area contributed by atoms with E-state index in [1.165, 1.54) is 33.4 Å². The van der Waals surface area contributed by atoms with Crippen molar-refractivity contribution in [3.8, 4) is 44.5 Å². The molecule has 0 amide bonds. The Morgan fingerprint density at radius 3 is 1.31 bits per heavy atom. The Kier molecular flexibility index (Phi) is 7.85. The number of rotatable bonds is 7. The van der Waals surface area contributed by atoms with Gasteiger partial charge in [-0.1, -0.05) is 176 Å². The van der Waals surface area contributed by atoms with Crippen molar-refractivity contribution >= 4 is 49.8 Å². The van der Waals surface area contributed by atoms with Crippen molar-refractivity contribution in [2.75, 3.05) is 4.90 Å². The van der Waals surface area contributed by atoms with Gasteiger partial charge in [0.2, 0.25) is 0 Å². The van der Waals surface area contributed by atoms with Gasteiger partial charge in [0, 0.05) is 33.1 Å².